The van der Waals surface area contributed by atoms with Gasteiger partial charge in [0.2, 0.25) is 11.8 Å². The van der Waals surface area contributed by atoms with Crippen molar-refractivity contribution in [3.63, 3.8) is 0 Å². The van der Waals surface area contributed by atoms with Crippen LogP contribution in [0.2, 0.25) is 0 Å². The van der Waals surface area contributed by atoms with E-state index < -0.39 is 6.09 Å². The van der Waals surface area contributed by atoms with Gasteiger partial charge in [0, 0.05) is 21.9 Å². The van der Waals surface area contributed by atoms with Crippen molar-refractivity contribution in [3.05, 3.63) is 77.2 Å². The van der Waals surface area contributed by atoms with Gasteiger partial charge in [-0.1, -0.05) is 48.9 Å². The molecule has 10 heteroatoms. The number of anilines is 1. The largest absolute Gasteiger partial charge is 0.445 e. The number of ether oxygens (including phenoxy) is 1. The molecule has 0 bridgehead atoms. The molecule has 194 valence electrons. The first kappa shape index (κ1) is 26.7. The van der Waals surface area contributed by atoms with Crippen LogP contribution in [0, 0.1) is 0 Å². The zero-order valence-electron chi connectivity index (χ0n) is 20.2. The summed E-state index contributed by atoms with van der Waals surface area (Å²) in [6, 6.07) is 20.9. The maximum atomic E-state index is 12.4. The molecule has 1 saturated heterocycles. The molecule has 0 aliphatic carbocycles. The van der Waals surface area contributed by atoms with Gasteiger partial charge in [-0.3, -0.25) is 14.8 Å². The van der Waals surface area contributed by atoms with Crippen LogP contribution in [0.3, 0.4) is 0 Å². The lowest BCUT2D eigenvalue weighted by molar-refractivity contribution is -0.129. The molecule has 4 rings (SSSR count). The number of rotatable bonds is 9. The predicted octanol–water partition coefficient (Wildman–Crippen LogP) is 5.29. The molecule has 3 aromatic rings. The molecule has 1 aromatic heterocycles. The maximum absolute atomic E-state index is 12.4. The third-order valence-corrected chi connectivity index (χ3v) is 9.10. The molecule has 3 amide bonds. The van der Waals surface area contributed by atoms with Gasteiger partial charge < -0.3 is 15.4 Å². The number of hydrogen-bond acceptors (Lipinski definition) is 7. The number of thioether (sulfide) groups is 1. The SMILES string of the molecule is O=C(C[C@]1(c2ccc(-c3cccc(NC(=O)CNC(=O)OCc4ccccc4)c3)s2)CCCCS1)NO. The third kappa shape index (κ3) is 7.34. The molecule has 0 radical (unpaired) electrons. The van der Waals surface area contributed by atoms with Gasteiger partial charge in [-0.15, -0.1) is 23.1 Å². The van der Waals surface area contributed by atoms with Gasteiger partial charge in [0.15, 0.2) is 0 Å². The smallest absolute Gasteiger partial charge is 0.407 e. The Bertz CT molecular complexity index is 1230. The number of alkyl carbamates (subject to hydrolysis) is 1. The molecule has 1 aliphatic heterocycles. The summed E-state index contributed by atoms with van der Waals surface area (Å²) in [6.45, 7) is -0.0860. The minimum Gasteiger partial charge on any atom is -0.445 e. The molecule has 0 saturated carbocycles. The summed E-state index contributed by atoms with van der Waals surface area (Å²) in [5.74, 6) is 0.223. The number of thiophene rings is 1. The minimum absolute atomic E-state index is 0.129. The van der Waals surface area contributed by atoms with Crippen molar-refractivity contribution < 1.29 is 24.3 Å². The van der Waals surface area contributed by atoms with Gasteiger partial charge in [0.25, 0.3) is 0 Å². The van der Waals surface area contributed by atoms with E-state index in [9.17, 15) is 14.4 Å². The van der Waals surface area contributed by atoms with Crippen molar-refractivity contribution in [2.45, 2.75) is 37.0 Å². The second-order valence-corrected chi connectivity index (χ2v) is 11.3. The average Bonchev–Trinajstić information content (AvgIpc) is 3.43. The Morgan fingerprint density at radius 2 is 1.81 bits per heavy atom. The van der Waals surface area contributed by atoms with E-state index in [4.69, 9.17) is 9.94 Å². The van der Waals surface area contributed by atoms with Gasteiger partial charge in [-0.05, 0) is 54.0 Å². The van der Waals surface area contributed by atoms with E-state index >= 15 is 0 Å². The first-order valence-corrected chi connectivity index (χ1v) is 13.8. The molecule has 1 atom stereocenters. The number of nitrogens with one attached hydrogen (secondary N) is 3. The molecule has 37 heavy (non-hydrogen) atoms. The van der Waals surface area contributed by atoms with E-state index in [1.807, 2.05) is 54.6 Å². The molecule has 2 heterocycles. The first-order chi connectivity index (χ1) is 18.0. The Morgan fingerprint density at radius 1 is 0.973 bits per heavy atom. The Hall–Kier alpha value is -3.34. The van der Waals surface area contributed by atoms with Gasteiger partial charge >= 0.3 is 6.09 Å². The fraction of sp³-hybridized carbons (Fsp3) is 0.296. The molecule has 8 nitrogen and oxygen atoms in total. The van der Waals surface area contributed by atoms with Crippen molar-refractivity contribution in [1.82, 2.24) is 10.8 Å². The normalized spacial score (nSPS) is 17.0. The van der Waals surface area contributed by atoms with Crippen LogP contribution in [0.4, 0.5) is 10.5 Å². The minimum atomic E-state index is -0.664. The van der Waals surface area contributed by atoms with E-state index in [-0.39, 0.29) is 36.1 Å². The average molecular weight is 540 g/mol. The van der Waals surface area contributed by atoms with Crippen molar-refractivity contribution in [2.75, 3.05) is 17.6 Å². The highest BCUT2D eigenvalue weighted by Crippen LogP contribution is 2.50. The van der Waals surface area contributed by atoms with E-state index in [2.05, 4.69) is 16.7 Å². The summed E-state index contributed by atoms with van der Waals surface area (Å²) in [6.07, 6.45) is 2.59. The second-order valence-electron chi connectivity index (χ2n) is 8.72. The molecule has 0 unspecified atom stereocenters. The first-order valence-electron chi connectivity index (χ1n) is 12.0. The van der Waals surface area contributed by atoms with Gasteiger partial charge in [0.05, 0.1) is 4.75 Å². The second kappa shape index (κ2) is 12.8. The summed E-state index contributed by atoms with van der Waals surface area (Å²) in [5, 5.41) is 14.3. The number of hydrogen-bond donors (Lipinski definition) is 4. The zero-order chi connectivity index (χ0) is 26.1. The Morgan fingerprint density at radius 3 is 2.57 bits per heavy atom. The van der Waals surface area contributed by atoms with E-state index in [1.165, 1.54) is 0 Å². The van der Waals surface area contributed by atoms with Crippen molar-refractivity contribution in [3.8, 4) is 10.4 Å². The molecule has 4 N–H and O–H groups in total. The monoisotopic (exact) mass is 539 g/mol. The van der Waals surface area contributed by atoms with E-state index in [0.29, 0.717) is 5.69 Å². The predicted molar refractivity (Wildman–Crippen MR) is 146 cm³/mol. The summed E-state index contributed by atoms with van der Waals surface area (Å²) in [7, 11) is 0. The summed E-state index contributed by atoms with van der Waals surface area (Å²) in [4.78, 5) is 38.4. The van der Waals surface area contributed by atoms with Crippen LogP contribution in [-0.4, -0.2) is 35.4 Å². The van der Waals surface area contributed by atoms with Crippen LogP contribution in [0.15, 0.2) is 66.7 Å². The standard InChI is InChI=1S/C27H29N3O5S2/c31-24(30-34)16-27(13-4-5-14-36-27)23-12-11-22(37-23)20-9-6-10-21(15-20)29-25(32)17-28-26(33)35-18-19-7-2-1-3-8-19/h1-3,6-12,15,34H,4-5,13-14,16-18H2,(H,28,33)(H,29,32)(H,30,31)/t27-/m0/s1. The highest BCUT2D eigenvalue weighted by molar-refractivity contribution is 8.00. The summed E-state index contributed by atoms with van der Waals surface area (Å²) in [5.41, 5.74) is 4.19. The zero-order valence-corrected chi connectivity index (χ0v) is 21.8. The van der Waals surface area contributed by atoms with E-state index in [0.717, 1.165) is 45.9 Å². The maximum Gasteiger partial charge on any atom is 0.407 e. The van der Waals surface area contributed by atoms with Crippen molar-refractivity contribution >= 4 is 46.7 Å². The molecular weight excluding hydrogens is 510 g/mol. The van der Waals surface area contributed by atoms with Crippen LogP contribution >= 0.6 is 23.1 Å². The lowest BCUT2D eigenvalue weighted by Gasteiger charge is -2.35. The molecular formula is C27H29N3O5S2. The van der Waals surface area contributed by atoms with Gasteiger partial charge in [-0.25, -0.2) is 10.3 Å². The lowest BCUT2D eigenvalue weighted by Crippen LogP contribution is -2.33. The fourth-order valence-electron chi connectivity index (χ4n) is 4.19. The Kier molecular flexibility index (Phi) is 9.21. The van der Waals surface area contributed by atoms with Crippen LogP contribution in [0.5, 0.6) is 0 Å². The molecule has 1 aliphatic rings. The number of hydroxylamine groups is 1. The van der Waals surface area contributed by atoms with Crippen LogP contribution in [-0.2, 0) is 25.7 Å². The summed E-state index contributed by atoms with van der Waals surface area (Å²) >= 11 is 3.39. The highest BCUT2D eigenvalue weighted by Gasteiger charge is 2.38. The molecule has 2 aromatic carbocycles. The van der Waals surface area contributed by atoms with Gasteiger partial charge in [-0.2, -0.15) is 0 Å². The lowest BCUT2D eigenvalue weighted by atomic mass is 9.94. The number of amides is 3. The topological polar surface area (TPSA) is 117 Å². The fourth-order valence-corrected chi connectivity index (χ4v) is 7.08. The highest BCUT2D eigenvalue weighted by atomic mass is 32.2. The Balaban J connectivity index is 1.35. The number of carbonyl (C=O) groups excluding carboxylic acids is 3. The van der Waals surface area contributed by atoms with Crippen LogP contribution in [0.1, 0.15) is 36.1 Å². The van der Waals surface area contributed by atoms with E-state index in [1.54, 1.807) is 34.6 Å². The van der Waals surface area contributed by atoms with Crippen LogP contribution in [0.25, 0.3) is 10.4 Å². The quantitative estimate of drug-likeness (QED) is 0.217. The third-order valence-electron chi connectivity index (χ3n) is 6.02. The van der Waals surface area contributed by atoms with Gasteiger partial charge in [0.1, 0.15) is 13.2 Å². The number of carbonyl (C=O) groups is 3. The number of benzene rings is 2. The van der Waals surface area contributed by atoms with Crippen molar-refractivity contribution in [2.24, 2.45) is 0 Å². The molecule has 1 fully saturated rings. The summed E-state index contributed by atoms with van der Waals surface area (Å²) < 4.78 is 4.78. The van der Waals surface area contributed by atoms with Crippen LogP contribution < -0.4 is 16.1 Å². The van der Waals surface area contributed by atoms with Crippen molar-refractivity contribution in [1.29, 1.82) is 0 Å². The Labute approximate surface area is 223 Å². The molecule has 0 spiro atoms.